The van der Waals surface area contributed by atoms with E-state index in [1.54, 1.807) is 0 Å². The first-order chi connectivity index (χ1) is 5.74. The van der Waals surface area contributed by atoms with Gasteiger partial charge in [0.25, 0.3) is 0 Å². The summed E-state index contributed by atoms with van der Waals surface area (Å²) in [6.07, 6.45) is 1.98. The van der Waals surface area contributed by atoms with E-state index in [0.717, 1.165) is 26.1 Å². The molecule has 1 nitrogen and oxygen atoms in total. The lowest BCUT2D eigenvalue weighted by Gasteiger charge is -2.27. The van der Waals surface area contributed by atoms with Gasteiger partial charge >= 0.3 is 0 Å². The van der Waals surface area contributed by atoms with Gasteiger partial charge in [0.2, 0.25) is 0 Å². The molecule has 74 valence electrons. The van der Waals surface area contributed by atoms with Crippen LogP contribution in [0.4, 0.5) is 0 Å². The minimum atomic E-state index is 0.0816. The van der Waals surface area contributed by atoms with Gasteiger partial charge in [-0.05, 0) is 25.2 Å². The van der Waals surface area contributed by atoms with Gasteiger partial charge in [0.05, 0.1) is 0 Å². The molecule has 0 saturated carbocycles. The highest BCUT2D eigenvalue weighted by molar-refractivity contribution is 6.21. The second-order valence-corrected chi connectivity index (χ2v) is 3.60. The summed E-state index contributed by atoms with van der Waals surface area (Å²) in [4.78, 5) is 0. The molecule has 0 aliphatic rings. The van der Waals surface area contributed by atoms with Crippen molar-refractivity contribution in [3.63, 3.8) is 0 Å². The molecule has 12 heavy (non-hydrogen) atoms. The Labute approximate surface area is 85.4 Å². The SMILES string of the molecule is CCOCCC(CC)(CCl)CCl. The van der Waals surface area contributed by atoms with Gasteiger partial charge in [0, 0.05) is 25.0 Å². The number of hydrogen-bond acceptors (Lipinski definition) is 1. The fraction of sp³-hybridized carbons (Fsp3) is 1.00. The second-order valence-electron chi connectivity index (χ2n) is 3.07. The third kappa shape index (κ3) is 3.97. The number of rotatable bonds is 7. The quantitative estimate of drug-likeness (QED) is 0.465. The van der Waals surface area contributed by atoms with Crippen molar-refractivity contribution in [1.82, 2.24) is 0 Å². The zero-order valence-electron chi connectivity index (χ0n) is 7.91. The highest BCUT2D eigenvalue weighted by Gasteiger charge is 2.25. The summed E-state index contributed by atoms with van der Waals surface area (Å²) in [5, 5.41) is 0. The zero-order valence-corrected chi connectivity index (χ0v) is 9.42. The third-order valence-electron chi connectivity index (χ3n) is 2.30. The minimum absolute atomic E-state index is 0.0816. The molecule has 0 atom stereocenters. The third-order valence-corrected chi connectivity index (χ3v) is 3.43. The summed E-state index contributed by atoms with van der Waals surface area (Å²) in [6, 6.07) is 0. The Kier molecular flexibility index (Phi) is 7.31. The number of ether oxygens (including phenoxy) is 1. The van der Waals surface area contributed by atoms with Crippen LogP contribution in [0.25, 0.3) is 0 Å². The van der Waals surface area contributed by atoms with Crippen molar-refractivity contribution in [2.45, 2.75) is 26.7 Å². The average Bonchev–Trinajstić information content (AvgIpc) is 2.14. The van der Waals surface area contributed by atoms with Gasteiger partial charge in [-0.15, -0.1) is 23.2 Å². The molecule has 0 fully saturated rings. The maximum absolute atomic E-state index is 5.86. The molecule has 0 spiro atoms. The molecule has 0 aliphatic carbocycles. The first-order valence-corrected chi connectivity index (χ1v) is 5.51. The summed E-state index contributed by atoms with van der Waals surface area (Å²) < 4.78 is 5.28. The maximum atomic E-state index is 5.86. The molecule has 0 aromatic rings. The van der Waals surface area contributed by atoms with E-state index in [1.807, 2.05) is 6.92 Å². The summed E-state index contributed by atoms with van der Waals surface area (Å²) in [6.45, 7) is 5.65. The van der Waals surface area contributed by atoms with E-state index in [9.17, 15) is 0 Å². The predicted octanol–water partition coefficient (Wildman–Crippen LogP) is 3.29. The topological polar surface area (TPSA) is 9.23 Å². The van der Waals surface area contributed by atoms with Crippen molar-refractivity contribution in [1.29, 1.82) is 0 Å². The van der Waals surface area contributed by atoms with Crippen molar-refractivity contribution >= 4 is 23.2 Å². The van der Waals surface area contributed by atoms with Crippen LogP contribution in [0.3, 0.4) is 0 Å². The van der Waals surface area contributed by atoms with E-state index < -0.39 is 0 Å². The van der Waals surface area contributed by atoms with Crippen LogP contribution in [0, 0.1) is 5.41 Å². The Morgan fingerprint density at radius 2 is 1.75 bits per heavy atom. The van der Waals surface area contributed by atoms with Crippen LogP contribution in [-0.2, 0) is 4.74 Å². The summed E-state index contributed by atoms with van der Waals surface area (Å²) in [7, 11) is 0. The normalized spacial score (nSPS) is 12.0. The Balaban J connectivity index is 3.76. The second kappa shape index (κ2) is 6.99. The monoisotopic (exact) mass is 212 g/mol. The molecule has 0 amide bonds. The van der Waals surface area contributed by atoms with Gasteiger partial charge in [0.15, 0.2) is 0 Å². The molecule has 0 aliphatic heterocycles. The molecule has 0 heterocycles. The molecule has 0 bridgehead atoms. The van der Waals surface area contributed by atoms with E-state index in [1.165, 1.54) is 0 Å². The average molecular weight is 213 g/mol. The van der Waals surface area contributed by atoms with Crippen LogP contribution in [-0.4, -0.2) is 25.0 Å². The van der Waals surface area contributed by atoms with Crippen LogP contribution in [0.15, 0.2) is 0 Å². The lowest BCUT2D eigenvalue weighted by molar-refractivity contribution is 0.115. The molecule has 3 heteroatoms. The Bertz CT molecular complexity index is 94.4. The summed E-state index contributed by atoms with van der Waals surface area (Å²) in [5.41, 5.74) is 0.0816. The molecular formula is C9H18Cl2O. The first kappa shape index (κ1) is 12.5. The molecule has 0 aromatic carbocycles. The Morgan fingerprint density at radius 1 is 1.17 bits per heavy atom. The number of hydrogen-bond donors (Lipinski definition) is 0. The van der Waals surface area contributed by atoms with Crippen molar-refractivity contribution in [3.8, 4) is 0 Å². The van der Waals surface area contributed by atoms with Crippen molar-refractivity contribution in [3.05, 3.63) is 0 Å². The predicted molar refractivity (Wildman–Crippen MR) is 55.3 cm³/mol. The van der Waals surface area contributed by atoms with Crippen molar-refractivity contribution in [2.75, 3.05) is 25.0 Å². The van der Waals surface area contributed by atoms with Gasteiger partial charge in [0.1, 0.15) is 0 Å². The minimum Gasteiger partial charge on any atom is -0.382 e. The fourth-order valence-electron chi connectivity index (χ4n) is 0.968. The molecule has 0 unspecified atom stereocenters. The lowest BCUT2D eigenvalue weighted by Crippen LogP contribution is -2.26. The summed E-state index contributed by atoms with van der Waals surface area (Å²) >= 11 is 11.7. The zero-order chi connectivity index (χ0) is 9.45. The van der Waals surface area contributed by atoms with Crippen LogP contribution in [0.5, 0.6) is 0 Å². The molecular weight excluding hydrogens is 195 g/mol. The molecule has 0 rings (SSSR count). The van der Waals surface area contributed by atoms with Gasteiger partial charge in [-0.25, -0.2) is 0 Å². The van der Waals surface area contributed by atoms with Crippen LogP contribution < -0.4 is 0 Å². The Hall–Kier alpha value is 0.540. The van der Waals surface area contributed by atoms with Crippen molar-refractivity contribution in [2.24, 2.45) is 5.41 Å². The lowest BCUT2D eigenvalue weighted by atomic mass is 9.86. The fourth-order valence-corrected chi connectivity index (χ4v) is 1.90. The van der Waals surface area contributed by atoms with E-state index in [2.05, 4.69) is 6.92 Å². The Morgan fingerprint density at radius 3 is 2.08 bits per heavy atom. The van der Waals surface area contributed by atoms with Gasteiger partial charge in [-0.3, -0.25) is 0 Å². The van der Waals surface area contributed by atoms with Crippen LogP contribution >= 0.6 is 23.2 Å². The first-order valence-electron chi connectivity index (χ1n) is 4.44. The van der Waals surface area contributed by atoms with E-state index >= 15 is 0 Å². The van der Waals surface area contributed by atoms with Gasteiger partial charge in [-0.2, -0.15) is 0 Å². The molecule has 0 radical (unpaired) electrons. The molecule has 0 aromatic heterocycles. The van der Waals surface area contributed by atoms with E-state index in [-0.39, 0.29) is 5.41 Å². The smallest absolute Gasteiger partial charge is 0.0472 e. The largest absolute Gasteiger partial charge is 0.382 e. The molecule has 0 saturated heterocycles. The van der Waals surface area contributed by atoms with Crippen LogP contribution in [0.1, 0.15) is 26.7 Å². The highest BCUT2D eigenvalue weighted by atomic mass is 35.5. The van der Waals surface area contributed by atoms with Gasteiger partial charge < -0.3 is 4.74 Å². The maximum Gasteiger partial charge on any atom is 0.0472 e. The number of halogens is 2. The van der Waals surface area contributed by atoms with E-state index in [4.69, 9.17) is 27.9 Å². The summed E-state index contributed by atoms with van der Waals surface area (Å²) in [5.74, 6) is 1.25. The van der Waals surface area contributed by atoms with Crippen LogP contribution in [0.2, 0.25) is 0 Å². The standard InChI is InChI=1S/C9H18Cl2O/c1-3-9(7-10,8-11)5-6-12-4-2/h3-8H2,1-2H3. The van der Waals surface area contributed by atoms with Gasteiger partial charge in [-0.1, -0.05) is 6.92 Å². The highest BCUT2D eigenvalue weighted by Crippen LogP contribution is 2.29. The van der Waals surface area contributed by atoms with Crippen molar-refractivity contribution < 1.29 is 4.74 Å². The molecule has 0 N–H and O–H groups in total. The number of alkyl halides is 2. The van der Waals surface area contributed by atoms with E-state index in [0.29, 0.717) is 11.8 Å².